The molecule has 2 N–H and O–H groups in total. The van der Waals surface area contributed by atoms with Gasteiger partial charge in [0.2, 0.25) is 0 Å². The van der Waals surface area contributed by atoms with Crippen LogP contribution in [0.5, 0.6) is 0 Å². The molecule has 11 heavy (non-hydrogen) atoms. The number of unbranched alkanes of at least 4 members (excludes halogenated alkanes) is 1. The van der Waals surface area contributed by atoms with Gasteiger partial charge in [0.05, 0.1) is 0 Å². The molecule has 0 spiro atoms. The molecule has 0 aromatic rings. The van der Waals surface area contributed by atoms with Gasteiger partial charge in [0, 0.05) is 25.2 Å². The Hall–Kier alpha value is -0.0800. The minimum Gasteiger partial charge on any atom is -0.314 e. The molecule has 0 aromatic carbocycles. The first-order valence-electron chi connectivity index (χ1n) is 4.79. The standard InChI is InChI=1S/C9H20N2/c1-3-4-5-8(2)11-9-6-10-7-9/h8-11H,3-7H2,1-2H3. The zero-order chi connectivity index (χ0) is 8.10. The van der Waals surface area contributed by atoms with Gasteiger partial charge in [0.25, 0.3) is 0 Å². The zero-order valence-corrected chi connectivity index (χ0v) is 7.69. The average Bonchev–Trinajstić information content (AvgIpc) is 1.93. The third kappa shape index (κ3) is 3.21. The molecule has 1 heterocycles. The van der Waals surface area contributed by atoms with Crippen LogP contribution in [0.1, 0.15) is 33.1 Å². The maximum atomic E-state index is 3.59. The van der Waals surface area contributed by atoms with Crippen molar-refractivity contribution in [1.29, 1.82) is 0 Å². The van der Waals surface area contributed by atoms with Gasteiger partial charge in [0.15, 0.2) is 0 Å². The van der Waals surface area contributed by atoms with Crippen LogP contribution in [0.2, 0.25) is 0 Å². The first-order chi connectivity index (χ1) is 5.33. The van der Waals surface area contributed by atoms with Gasteiger partial charge in [-0.1, -0.05) is 19.8 Å². The Labute approximate surface area is 69.8 Å². The van der Waals surface area contributed by atoms with E-state index in [2.05, 4.69) is 24.5 Å². The summed E-state index contributed by atoms with van der Waals surface area (Å²) in [4.78, 5) is 0. The average molecular weight is 156 g/mol. The van der Waals surface area contributed by atoms with Gasteiger partial charge in [-0.25, -0.2) is 0 Å². The molecule has 1 unspecified atom stereocenters. The fraction of sp³-hybridized carbons (Fsp3) is 1.00. The van der Waals surface area contributed by atoms with Crippen LogP contribution in [-0.4, -0.2) is 25.2 Å². The maximum absolute atomic E-state index is 3.59. The molecule has 1 fully saturated rings. The Bertz CT molecular complexity index is 99.7. The lowest BCUT2D eigenvalue weighted by Crippen LogP contribution is -2.57. The van der Waals surface area contributed by atoms with E-state index in [0.717, 1.165) is 19.1 Å². The summed E-state index contributed by atoms with van der Waals surface area (Å²) >= 11 is 0. The highest BCUT2D eigenvalue weighted by Gasteiger charge is 2.17. The SMILES string of the molecule is CCCCC(C)NC1CNC1. The summed E-state index contributed by atoms with van der Waals surface area (Å²) in [5, 5.41) is 6.85. The Morgan fingerprint density at radius 1 is 1.55 bits per heavy atom. The monoisotopic (exact) mass is 156 g/mol. The van der Waals surface area contributed by atoms with Gasteiger partial charge in [-0.3, -0.25) is 0 Å². The van der Waals surface area contributed by atoms with E-state index in [1.807, 2.05) is 0 Å². The topological polar surface area (TPSA) is 24.1 Å². The molecular weight excluding hydrogens is 136 g/mol. The summed E-state index contributed by atoms with van der Waals surface area (Å²) in [6, 6.07) is 1.46. The number of hydrogen-bond donors (Lipinski definition) is 2. The molecular formula is C9H20N2. The van der Waals surface area contributed by atoms with Crippen molar-refractivity contribution in [3.8, 4) is 0 Å². The minimum atomic E-state index is 0.710. The lowest BCUT2D eigenvalue weighted by molar-refractivity contribution is 0.325. The van der Waals surface area contributed by atoms with E-state index in [1.165, 1.54) is 19.3 Å². The van der Waals surface area contributed by atoms with Crippen molar-refractivity contribution < 1.29 is 0 Å². The van der Waals surface area contributed by atoms with Crippen LogP contribution in [0.3, 0.4) is 0 Å². The number of hydrogen-bond acceptors (Lipinski definition) is 2. The molecule has 1 rings (SSSR count). The molecule has 2 nitrogen and oxygen atoms in total. The third-order valence-corrected chi connectivity index (χ3v) is 2.29. The van der Waals surface area contributed by atoms with Gasteiger partial charge in [-0.05, 0) is 13.3 Å². The van der Waals surface area contributed by atoms with Crippen molar-refractivity contribution in [2.24, 2.45) is 0 Å². The molecule has 0 amide bonds. The molecule has 2 heteroatoms. The van der Waals surface area contributed by atoms with E-state index in [0.29, 0.717) is 6.04 Å². The fourth-order valence-electron chi connectivity index (χ4n) is 1.40. The normalized spacial score (nSPS) is 21.3. The van der Waals surface area contributed by atoms with E-state index in [-0.39, 0.29) is 0 Å². The zero-order valence-electron chi connectivity index (χ0n) is 7.69. The van der Waals surface area contributed by atoms with Crippen LogP contribution in [-0.2, 0) is 0 Å². The molecule has 0 aliphatic carbocycles. The first-order valence-corrected chi connectivity index (χ1v) is 4.79. The second-order valence-corrected chi connectivity index (χ2v) is 3.57. The van der Waals surface area contributed by atoms with Crippen molar-refractivity contribution in [2.45, 2.75) is 45.2 Å². The van der Waals surface area contributed by atoms with E-state index < -0.39 is 0 Å². The molecule has 0 radical (unpaired) electrons. The van der Waals surface area contributed by atoms with E-state index in [1.54, 1.807) is 0 Å². The second kappa shape index (κ2) is 4.73. The van der Waals surface area contributed by atoms with E-state index in [9.17, 15) is 0 Å². The minimum absolute atomic E-state index is 0.710. The molecule has 1 aliphatic rings. The van der Waals surface area contributed by atoms with Crippen LogP contribution in [0.25, 0.3) is 0 Å². The Morgan fingerprint density at radius 3 is 2.73 bits per heavy atom. The van der Waals surface area contributed by atoms with Crippen LogP contribution < -0.4 is 10.6 Å². The van der Waals surface area contributed by atoms with Crippen molar-refractivity contribution >= 4 is 0 Å². The maximum Gasteiger partial charge on any atom is 0.0319 e. The quantitative estimate of drug-likeness (QED) is 0.623. The summed E-state index contributed by atoms with van der Waals surface area (Å²) in [6.07, 6.45) is 4.00. The van der Waals surface area contributed by atoms with Gasteiger partial charge in [-0.2, -0.15) is 0 Å². The lowest BCUT2D eigenvalue weighted by atomic mass is 10.1. The Morgan fingerprint density at radius 2 is 2.27 bits per heavy atom. The van der Waals surface area contributed by atoms with Crippen LogP contribution in [0.15, 0.2) is 0 Å². The lowest BCUT2D eigenvalue weighted by Gasteiger charge is -2.31. The summed E-state index contributed by atoms with van der Waals surface area (Å²) in [7, 11) is 0. The van der Waals surface area contributed by atoms with Gasteiger partial charge in [0.1, 0.15) is 0 Å². The fourth-order valence-corrected chi connectivity index (χ4v) is 1.40. The van der Waals surface area contributed by atoms with Crippen LogP contribution in [0, 0.1) is 0 Å². The van der Waals surface area contributed by atoms with Crippen LogP contribution in [0.4, 0.5) is 0 Å². The first kappa shape index (κ1) is 9.01. The molecule has 0 bridgehead atoms. The van der Waals surface area contributed by atoms with Gasteiger partial charge < -0.3 is 10.6 Å². The van der Waals surface area contributed by atoms with Crippen molar-refractivity contribution in [1.82, 2.24) is 10.6 Å². The molecule has 1 aliphatic heterocycles. The van der Waals surface area contributed by atoms with E-state index >= 15 is 0 Å². The van der Waals surface area contributed by atoms with Crippen molar-refractivity contribution in [3.05, 3.63) is 0 Å². The highest BCUT2D eigenvalue weighted by atomic mass is 15.1. The number of nitrogens with one attached hydrogen (secondary N) is 2. The third-order valence-electron chi connectivity index (χ3n) is 2.29. The second-order valence-electron chi connectivity index (χ2n) is 3.57. The highest BCUT2D eigenvalue weighted by Crippen LogP contribution is 2.02. The predicted molar refractivity (Wildman–Crippen MR) is 48.8 cm³/mol. The summed E-state index contributed by atoms with van der Waals surface area (Å²) in [6.45, 7) is 6.86. The smallest absolute Gasteiger partial charge is 0.0319 e. The molecule has 1 saturated heterocycles. The van der Waals surface area contributed by atoms with Gasteiger partial charge in [-0.15, -0.1) is 0 Å². The summed E-state index contributed by atoms with van der Waals surface area (Å²) in [5.74, 6) is 0. The molecule has 1 atom stereocenters. The predicted octanol–water partition coefficient (Wildman–Crippen LogP) is 1.13. The molecule has 0 aromatic heterocycles. The molecule has 66 valence electrons. The number of rotatable bonds is 5. The van der Waals surface area contributed by atoms with Crippen molar-refractivity contribution in [3.63, 3.8) is 0 Å². The largest absolute Gasteiger partial charge is 0.314 e. The summed E-state index contributed by atoms with van der Waals surface area (Å²) in [5.41, 5.74) is 0. The van der Waals surface area contributed by atoms with Crippen LogP contribution >= 0.6 is 0 Å². The summed E-state index contributed by atoms with van der Waals surface area (Å²) < 4.78 is 0. The Balaban J connectivity index is 1.95. The highest BCUT2D eigenvalue weighted by molar-refractivity contribution is 4.83. The molecule has 0 saturated carbocycles. The Kier molecular flexibility index (Phi) is 3.87. The van der Waals surface area contributed by atoms with E-state index in [4.69, 9.17) is 0 Å². The van der Waals surface area contributed by atoms with Crippen molar-refractivity contribution in [2.75, 3.05) is 13.1 Å². The van der Waals surface area contributed by atoms with Gasteiger partial charge >= 0.3 is 0 Å².